The summed E-state index contributed by atoms with van der Waals surface area (Å²) >= 11 is 8.84. The molecule has 0 aliphatic heterocycles. The second-order valence-electron chi connectivity index (χ2n) is 5.12. The van der Waals surface area contributed by atoms with Crippen molar-refractivity contribution in [1.82, 2.24) is 5.32 Å². The number of rotatable bonds is 6. The molecule has 0 aliphatic carbocycles. The van der Waals surface area contributed by atoms with Gasteiger partial charge in [-0.15, -0.1) is 11.3 Å². The van der Waals surface area contributed by atoms with Gasteiger partial charge in [-0.25, -0.2) is 0 Å². The van der Waals surface area contributed by atoms with Gasteiger partial charge in [0.1, 0.15) is 0 Å². The standard InChI is InChI=1S/C13H21Br2NS/c1-8(2)11(9(3)4)7-16-6-10-5-12(14)13(15)17-10/h5,8-9,11,16H,6-7H2,1-4H3. The molecule has 1 rings (SSSR count). The van der Waals surface area contributed by atoms with Crippen LogP contribution in [0, 0.1) is 17.8 Å². The monoisotopic (exact) mass is 381 g/mol. The molecule has 1 heterocycles. The highest BCUT2D eigenvalue weighted by molar-refractivity contribution is 9.13. The molecule has 0 saturated heterocycles. The molecule has 98 valence electrons. The number of nitrogens with one attached hydrogen (secondary N) is 1. The van der Waals surface area contributed by atoms with E-state index < -0.39 is 0 Å². The Bertz CT molecular complexity index is 320. The van der Waals surface area contributed by atoms with Crippen molar-refractivity contribution in [2.24, 2.45) is 17.8 Å². The van der Waals surface area contributed by atoms with Crippen LogP contribution in [0.25, 0.3) is 0 Å². The Balaban J connectivity index is 2.41. The van der Waals surface area contributed by atoms with Gasteiger partial charge < -0.3 is 5.32 Å². The molecule has 1 aromatic rings. The molecular weight excluding hydrogens is 362 g/mol. The fourth-order valence-corrected chi connectivity index (χ4v) is 4.23. The van der Waals surface area contributed by atoms with E-state index in [0.717, 1.165) is 35.3 Å². The highest BCUT2D eigenvalue weighted by atomic mass is 79.9. The second-order valence-corrected chi connectivity index (χ2v) is 8.43. The summed E-state index contributed by atoms with van der Waals surface area (Å²) in [4.78, 5) is 1.37. The Morgan fingerprint density at radius 2 is 1.76 bits per heavy atom. The second kappa shape index (κ2) is 7.27. The zero-order valence-electron chi connectivity index (χ0n) is 10.9. The molecule has 4 heteroatoms. The largest absolute Gasteiger partial charge is 0.312 e. The third kappa shape index (κ3) is 5.01. The van der Waals surface area contributed by atoms with E-state index in [-0.39, 0.29) is 0 Å². The molecule has 0 atom stereocenters. The Kier molecular flexibility index (Phi) is 6.70. The van der Waals surface area contributed by atoms with Crippen LogP contribution in [0.2, 0.25) is 0 Å². The highest BCUT2D eigenvalue weighted by Crippen LogP contribution is 2.32. The predicted octanol–water partition coefficient (Wildman–Crippen LogP) is 5.29. The topological polar surface area (TPSA) is 12.0 Å². The van der Waals surface area contributed by atoms with Crippen LogP contribution >= 0.6 is 43.2 Å². The predicted molar refractivity (Wildman–Crippen MR) is 84.6 cm³/mol. The van der Waals surface area contributed by atoms with Gasteiger partial charge in [0, 0.05) is 15.9 Å². The van der Waals surface area contributed by atoms with E-state index in [0.29, 0.717) is 0 Å². The molecule has 0 spiro atoms. The third-order valence-corrected chi connectivity index (χ3v) is 6.34. The summed E-state index contributed by atoms with van der Waals surface area (Å²) in [6.07, 6.45) is 0. The lowest BCUT2D eigenvalue weighted by Crippen LogP contribution is -2.29. The zero-order valence-corrected chi connectivity index (χ0v) is 14.9. The van der Waals surface area contributed by atoms with Gasteiger partial charge >= 0.3 is 0 Å². The van der Waals surface area contributed by atoms with Gasteiger partial charge in [0.15, 0.2) is 0 Å². The molecule has 0 saturated carbocycles. The van der Waals surface area contributed by atoms with Gasteiger partial charge in [-0.05, 0) is 62.2 Å². The molecule has 0 radical (unpaired) electrons. The van der Waals surface area contributed by atoms with Crippen molar-refractivity contribution in [2.45, 2.75) is 34.2 Å². The Labute approximate surface area is 126 Å². The molecule has 17 heavy (non-hydrogen) atoms. The van der Waals surface area contributed by atoms with Crippen molar-refractivity contribution >= 4 is 43.2 Å². The van der Waals surface area contributed by atoms with E-state index in [1.807, 2.05) is 0 Å². The molecule has 1 N–H and O–H groups in total. The zero-order chi connectivity index (χ0) is 13.0. The molecular formula is C13H21Br2NS. The van der Waals surface area contributed by atoms with Crippen LogP contribution in [0.15, 0.2) is 14.3 Å². The van der Waals surface area contributed by atoms with Crippen molar-refractivity contribution < 1.29 is 0 Å². The summed E-state index contributed by atoms with van der Waals surface area (Å²) in [6.45, 7) is 11.3. The first kappa shape index (κ1) is 15.7. The van der Waals surface area contributed by atoms with Gasteiger partial charge in [0.25, 0.3) is 0 Å². The lowest BCUT2D eigenvalue weighted by molar-refractivity contribution is 0.276. The minimum atomic E-state index is 0.740. The van der Waals surface area contributed by atoms with Crippen LogP contribution in [0.3, 0.4) is 0 Å². The number of thiophene rings is 1. The fourth-order valence-electron chi connectivity index (χ4n) is 2.08. The first-order valence-corrected chi connectivity index (χ1v) is 8.46. The summed E-state index contributed by atoms with van der Waals surface area (Å²) < 4.78 is 2.34. The molecule has 0 unspecified atom stereocenters. The lowest BCUT2D eigenvalue weighted by Gasteiger charge is -2.25. The summed E-state index contributed by atoms with van der Waals surface area (Å²) in [6, 6.07) is 2.18. The fraction of sp³-hybridized carbons (Fsp3) is 0.692. The molecule has 0 amide bonds. The van der Waals surface area contributed by atoms with E-state index in [2.05, 4.69) is 70.9 Å². The first-order valence-electron chi connectivity index (χ1n) is 6.06. The van der Waals surface area contributed by atoms with Crippen molar-refractivity contribution in [2.75, 3.05) is 6.54 Å². The maximum atomic E-state index is 3.57. The van der Waals surface area contributed by atoms with Crippen LogP contribution < -0.4 is 5.32 Å². The minimum absolute atomic E-state index is 0.740. The summed E-state index contributed by atoms with van der Waals surface area (Å²) in [5.41, 5.74) is 0. The van der Waals surface area contributed by atoms with Crippen LogP contribution in [0.4, 0.5) is 0 Å². The van der Waals surface area contributed by atoms with E-state index in [1.165, 1.54) is 8.66 Å². The maximum Gasteiger partial charge on any atom is 0.0843 e. The SMILES string of the molecule is CC(C)C(CNCc1cc(Br)c(Br)s1)C(C)C. The Morgan fingerprint density at radius 1 is 1.18 bits per heavy atom. The van der Waals surface area contributed by atoms with E-state index in [1.54, 1.807) is 11.3 Å². The van der Waals surface area contributed by atoms with Crippen LogP contribution in [0.1, 0.15) is 32.6 Å². The quantitative estimate of drug-likeness (QED) is 0.704. The van der Waals surface area contributed by atoms with Crippen molar-refractivity contribution in [1.29, 1.82) is 0 Å². The average molecular weight is 383 g/mol. The highest BCUT2D eigenvalue weighted by Gasteiger charge is 2.16. The van der Waals surface area contributed by atoms with Gasteiger partial charge in [0.05, 0.1) is 3.79 Å². The number of hydrogen-bond acceptors (Lipinski definition) is 2. The molecule has 0 bridgehead atoms. The van der Waals surface area contributed by atoms with E-state index in [4.69, 9.17) is 0 Å². The summed E-state index contributed by atoms with van der Waals surface area (Å²) in [5, 5.41) is 3.57. The van der Waals surface area contributed by atoms with E-state index >= 15 is 0 Å². The van der Waals surface area contributed by atoms with Crippen molar-refractivity contribution in [3.63, 3.8) is 0 Å². The first-order chi connectivity index (χ1) is 7.91. The molecule has 1 aromatic heterocycles. The molecule has 0 aromatic carbocycles. The summed E-state index contributed by atoms with van der Waals surface area (Å²) in [7, 11) is 0. The molecule has 0 fully saturated rings. The molecule has 0 aliphatic rings. The van der Waals surface area contributed by atoms with Crippen LogP contribution in [-0.4, -0.2) is 6.54 Å². The smallest absolute Gasteiger partial charge is 0.0843 e. The van der Waals surface area contributed by atoms with Crippen LogP contribution in [-0.2, 0) is 6.54 Å². The lowest BCUT2D eigenvalue weighted by atomic mass is 9.85. The van der Waals surface area contributed by atoms with Crippen molar-refractivity contribution in [3.05, 3.63) is 19.2 Å². The van der Waals surface area contributed by atoms with Gasteiger partial charge in [0.2, 0.25) is 0 Å². The third-order valence-electron chi connectivity index (χ3n) is 3.09. The van der Waals surface area contributed by atoms with Crippen molar-refractivity contribution in [3.8, 4) is 0 Å². The van der Waals surface area contributed by atoms with Gasteiger partial charge in [-0.3, -0.25) is 0 Å². The van der Waals surface area contributed by atoms with E-state index in [9.17, 15) is 0 Å². The molecule has 1 nitrogen and oxygen atoms in total. The van der Waals surface area contributed by atoms with Crippen LogP contribution in [0.5, 0.6) is 0 Å². The Hall–Kier alpha value is 0.620. The number of halogens is 2. The number of hydrogen-bond donors (Lipinski definition) is 1. The normalized spacial score (nSPS) is 12.1. The Morgan fingerprint density at radius 3 is 2.18 bits per heavy atom. The average Bonchev–Trinajstić information content (AvgIpc) is 2.52. The van der Waals surface area contributed by atoms with Gasteiger partial charge in [-0.2, -0.15) is 0 Å². The van der Waals surface area contributed by atoms with Gasteiger partial charge in [-0.1, -0.05) is 27.7 Å². The summed E-state index contributed by atoms with van der Waals surface area (Å²) in [5.74, 6) is 2.23. The maximum absolute atomic E-state index is 3.57. The minimum Gasteiger partial charge on any atom is -0.312 e.